The third kappa shape index (κ3) is 6.00. The van der Waals surface area contributed by atoms with Crippen molar-refractivity contribution in [2.24, 2.45) is 0 Å². The Bertz CT molecular complexity index is 988. The number of hydrogen-bond donors (Lipinski definition) is 0. The number of rotatable bonds is 2. The number of ether oxygens (including phenoxy) is 2. The van der Waals surface area contributed by atoms with Crippen molar-refractivity contribution in [2.75, 3.05) is 14.2 Å². The van der Waals surface area contributed by atoms with Crippen molar-refractivity contribution in [2.45, 2.75) is 12.8 Å². The SMILES string of the molecule is COC(=O)/C(C#CC#CC1=CC=CC1)=C(\C#CC#CC1=CC=CC1)C(=O)OC. The second-order valence-electron chi connectivity index (χ2n) is 5.38. The molecule has 2 rings (SSSR count). The van der Waals surface area contributed by atoms with Gasteiger partial charge in [0.15, 0.2) is 0 Å². The summed E-state index contributed by atoms with van der Waals surface area (Å²) in [5.74, 6) is 19.7. The van der Waals surface area contributed by atoms with Gasteiger partial charge in [-0.15, -0.1) is 0 Å². The zero-order valence-corrected chi connectivity index (χ0v) is 15.5. The highest BCUT2D eigenvalue weighted by molar-refractivity contribution is 6.06. The Labute approximate surface area is 164 Å². The third-order valence-electron chi connectivity index (χ3n) is 3.52. The molecule has 0 fully saturated rings. The van der Waals surface area contributed by atoms with Gasteiger partial charge in [-0.1, -0.05) is 48.3 Å². The maximum absolute atomic E-state index is 12.1. The van der Waals surface area contributed by atoms with Gasteiger partial charge in [-0.05, 0) is 48.4 Å². The molecular weight excluding hydrogens is 352 g/mol. The second kappa shape index (κ2) is 10.8. The topological polar surface area (TPSA) is 52.6 Å². The van der Waals surface area contributed by atoms with Crippen LogP contribution in [-0.2, 0) is 19.1 Å². The van der Waals surface area contributed by atoms with Crippen molar-refractivity contribution in [1.29, 1.82) is 0 Å². The minimum atomic E-state index is -0.804. The van der Waals surface area contributed by atoms with Gasteiger partial charge in [-0.2, -0.15) is 0 Å². The number of hydrogen-bond acceptors (Lipinski definition) is 4. The maximum atomic E-state index is 12.1. The molecule has 4 heteroatoms. The zero-order chi connectivity index (χ0) is 20.2. The lowest BCUT2D eigenvalue weighted by molar-refractivity contribution is -0.138. The first-order chi connectivity index (χ1) is 13.7. The molecule has 4 nitrogen and oxygen atoms in total. The van der Waals surface area contributed by atoms with Gasteiger partial charge in [0, 0.05) is 11.1 Å². The van der Waals surface area contributed by atoms with Gasteiger partial charge in [-0.25, -0.2) is 9.59 Å². The average molecular weight is 368 g/mol. The van der Waals surface area contributed by atoms with E-state index in [0.29, 0.717) is 0 Å². The quantitative estimate of drug-likeness (QED) is 0.427. The molecule has 2 aliphatic carbocycles. The molecule has 0 heterocycles. The fourth-order valence-electron chi connectivity index (χ4n) is 2.13. The van der Waals surface area contributed by atoms with E-state index in [2.05, 4.69) is 47.4 Å². The van der Waals surface area contributed by atoms with Crippen molar-refractivity contribution in [3.63, 3.8) is 0 Å². The number of allylic oxidation sites excluding steroid dienone is 8. The van der Waals surface area contributed by atoms with E-state index < -0.39 is 11.9 Å². The van der Waals surface area contributed by atoms with E-state index in [1.165, 1.54) is 14.2 Å². The summed E-state index contributed by atoms with van der Waals surface area (Å²) in [4.78, 5) is 24.2. The van der Waals surface area contributed by atoms with Gasteiger partial charge >= 0.3 is 11.9 Å². The smallest absolute Gasteiger partial charge is 0.348 e. The molecule has 0 aromatic carbocycles. The summed E-state index contributed by atoms with van der Waals surface area (Å²) in [6.07, 6.45) is 13.0. The predicted molar refractivity (Wildman–Crippen MR) is 106 cm³/mol. The molecule has 2 aliphatic rings. The van der Waals surface area contributed by atoms with Gasteiger partial charge in [0.25, 0.3) is 0 Å². The van der Waals surface area contributed by atoms with Crippen molar-refractivity contribution in [3.05, 3.63) is 58.7 Å². The maximum Gasteiger partial charge on any atom is 0.348 e. The highest BCUT2D eigenvalue weighted by Crippen LogP contribution is 2.10. The normalized spacial score (nSPS) is 13.6. The summed E-state index contributed by atoms with van der Waals surface area (Å²) in [6.45, 7) is 0. The summed E-state index contributed by atoms with van der Waals surface area (Å²) < 4.78 is 9.42. The first-order valence-corrected chi connectivity index (χ1v) is 8.32. The van der Waals surface area contributed by atoms with Crippen LogP contribution in [0.15, 0.2) is 58.7 Å². The summed E-state index contributed by atoms with van der Waals surface area (Å²) in [7, 11) is 2.37. The number of methoxy groups -OCH3 is 2. The molecule has 0 atom stereocenters. The molecule has 136 valence electrons. The summed E-state index contributed by atoms with van der Waals surface area (Å²) in [6, 6.07) is 0. The molecule has 0 aromatic heterocycles. The molecule has 0 aromatic rings. The fourth-order valence-corrected chi connectivity index (χ4v) is 2.13. The fraction of sp³-hybridized carbons (Fsp3) is 0.167. The van der Waals surface area contributed by atoms with Gasteiger partial charge < -0.3 is 9.47 Å². The third-order valence-corrected chi connectivity index (χ3v) is 3.52. The lowest BCUT2D eigenvalue weighted by atomic mass is 10.1. The van der Waals surface area contributed by atoms with Crippen LogP contribution >= 0.6 is 0 Å². The van der Waals surface area contributed by atoms with Gasteiger partial charge in [0.1, 0.15) is 11.1 Å². The molecule has 0 saturated heterocycles. The minimum Gasteiger partial charge on any atom is -0.465 e. The van der Waals surface area contributed by atoms with Gasteiger partial charge in [-0.3, -0.25) is 0 Å². The molecule has 28 heavy (non-hydrogen) atoms. The first kappa shape index (κ1) is 20.2. The highest BCUT2D eigenvalue weighted by Gasteiger charge is 2.19. The molecule has 0 bridgehead atoms. The minimum absolute atomic E-state index is 0.224. The Balaban J connectivity index is 2.36. The average Bonchev–Trinajstić information content (AvgIpc) is 3.42. The van der Waals surface area contributed by atoms with Crippen LogP contribution in [0.1, 0.15) is 12.8 Å². The van der Waals surface area contributed by atoms with E-state index in [4.69, 9.17) is 9.47 Å². The Morgan fingerprint density at radius 3 is 1.50 bits per heavy atom. The Kier molecular flexibility index (Phi) is 7.77. The molecule has 0 spiro atoms. The number of carbonyl (C=O) groups excluding carboxylic acids is 2. The standard InChI is InChI=1S/C24H16O4/c1-27-23(25)21(17-9-7-15-19-11-3-4-12-19)22(24(26)28-2)18-10-8-16-20-13-5-6-14-20/h3-6,11,13H,12,14H2,1-2H3/b22-21+. The molecule has 0 amide bonds. The van der Waals surface area contributed by atoms with Crippen LogP contribution in [0.2, 0.25) is 0 Å². The van der Waals surface area contributed by atoms with Crippen LogP contribution in [0, 0.1) is 47.4 Å². The number of carbonyl (C=O) groups is 2. The van der Waals surface area contributed by atoms with E-state index in [9.17, 15) is 9.59 Å². The lowest BCUT2D eigenvalue weighted by Crippen LogP contribution is -2.13. The van der Waals surface area contributed by atoms with Crippen molar-refractivity contribution >= 4 is 11.9 Å². The van der Waals surface area contributed by atoms with E-state index in [0.717, 1.165) is 24.0 Å². The summed E-state index contributed by atoms with van der Waals surface area (Å²) in [5.41, 5.74) is 1.38. The van der Waals surface area contributed by atoms with Gasteiger partial charge in [0.05, 0.1) is 14.2 Å². The molecular formula is C24H16O4. The van der Waals surface area contributed by atoms with E-state index >= 15 is 0 Å². The Hall–Kier alpha value is -4.12. The van der Waals surface area contributed by atoms with Crippen LogP contribution in [-0.4, -0.2) is 26.2 Å². The Morgan fingerprint density at radius 2 is 1.18 bits per heavy atom. The number of esters is 2. The van der Waals surface area contributed by atoms with Crippen LogP contribution in [0.5, 0.6) is 0 Å². The lowest BCUT2D eigenvalue weighted by Gasteiger charge is -2.02. The van der Waals surface area contributed by atoms with Crippen molar-refractivity contribution in [3.8, 4) is 47.4 Å². The molecule has 0 radical (unpaired) electrons. The highest BCUT2D eigenvalue weighted by atomic mass is 16.5. The van der Waals surface area contributed by atoms with E-state index in [-0.39, 0.29) is 11.1 Å². The molecule has 0 saturated carbocycles. The van der Waals surface area contributed by atoms with Crippen LogP contribution < -0.4 is 0 Å². The summed E-state index contributed by atoms with van der Waals surface area (Å²) in [5, 5.41) is 0. The van der Waals surface area contributed by atoms with Crippen molar-refractivity contribution in [1.82, 2.24) is 0 Å². The van der Waals surface area contributed by atoms with Crippen LogP contribution in [0.4, 0.5) is 0 Å². The molecule has 0 unspecified atom stereocenters. The van der Waals surface area contributed by atoms with Crippen LogP contribution in [0.3, 0.4) is 0 Å². The Morgan fingerprint density at radius 1 is 0.750 bits per heavy atom. The monoisotopic (exact) mass is 368 g/mol. The van der Waals surface area contributed by atoms with Crippen LogP contribution in [0.25, 0.3) is 0 Å². The zero-order valence-electron chi connectivity index (χ0n) is 15.5. The summed E-state index contributed by atoms with van der Waals surface area (Å²) >= 11 is 0. The molecule has 0 aliphatic heterocycles. The molecule has 0 N–H and O–H groups in total. The first-order valence-electron chi connectivity index (χ1n) is 8.32. The van der Waals surface area contributed by atoms with Gasteiger partial charge in [0.2, 0.25) is 0 Å². The largest absolute Gasteiger partial charge is 0.465 e. The van der Waals surface area contributed by atoms with Crippen molar-refractivity contribution < 1.29 is 19.1 Å². The predicted octanol–water partition coefficient (Wildman–Crippen LogP) is 2.42. The van der Waals surface area contributed by atoms with E-state index in [1.54, 1.807) is 0 Å². The second-order valence-corrected chi connectivity index (χ2v) is 5.38. The van der Waals surface area contributed by atoms with E-state index in [1.807, 2.05) is 36.5 Å².